The number of fused-ring (bicyclic) bond motifs is 2. The van der Waals surface area contributed by atoms with Gasteiger partial charge in [0.25, 0.3) is 12.3 Å². The zero-order chi connectivity index (χ0) is 37.8. The molecule has 0 radical (unpaired) electrons. The minimum atomic E-state index is -2.62. The van der Waals surface area contributed by atoms with E-state index in [2.05, 4.69) is 35.2 Å². The number of carboxylic acid groups (broad SMARTS) is 1. The number of nitrogens with one attached hydrogen (secondary N) is 1. The molecule has 14 heteroatoms. The quantitative estimate of drug-likeness (QED) is 0.165. The van der Waals surface area contributed by atoms with Crippen molar-refractivity contribution in [3.05, 3.63) is 145 Å². The molecule has 8 aromatic heterocycles. The molecule has 0 saturated heterocycles. The lowest BCUT2D eigenvalue weighted by Crippen LogP contribution is -2.29. The third-order valence-corrected chi connectivity index (χ3v) is 8.38. The second kappa shape index (κ2) is 15.2. The molecule has 1 amide bonds. The van der Waals surface area contributed by atoms with Crippen molar-refractivity contribution in [2.45, 2.75) is 20.3 Å². The molecule has 0 spiro atoms. The molecule has 0 fully saturated rings. The van der Waals surface area contributed by atoms with Gasteiger partial charge in [0.1, 0.15) is 17.0 Å². The number of hydrogen-bond donors (Lipinski definition) is 2. The van der Waals surface area contributed by atoms with E-state index in [1.807, 2.05) is 86.6 Å². The van der Waals surface area contributed by atoms with Crippen LogP contribution < -0.4 is 5.32 Å². The first-order valence-corrected chi connectivity index (χ1v) is 16.7. The molecule has 0 aromatic carbocycles. The van der Waals surface area contributed by atoms with Gasteiger partial charge in [-0.15, -0.1) is 0 Å². The standard InChI is InChI=1S/C21H17F2N5O.C19H14N4O2/c1-13-4-2-6-16(27-13)20-15(5-3-9-24-20)14-7-8-19-25-10-17(28(19)12-14)21(29)26-11-18(22)23;1-12-4-2-6-15(22-12)18-14(5-3-9-20-18)13-7-8-17-21-10-16(19(24)25)23(17)11-13/h2-10,12,18H,11H2,1H3,(H,26,29);2-11H,1H3,(H,24,25). The zero-order valence-corrected chi connectivity index (χ0v) is 28.9. The molecule has 8 aromatic rings. The summed E-state index contributed by atoms with van der Waals surface area (Å²) in [6.45, 7) is 3.13. The largest absolute Gasteiger partial charge is 0.477 e. The SMILES string of the molecule is Cc1cccc(-c2ncccc2-c2ccc3ncc(C(=O)NCC(F)F)n3c2)n1.Cc1cccc(-c2ncccc2-c2ccc3ncc(C(=O)O)n3c2)n1. The lowest BCUT2D eigenvalue weighted by Gasteiger charge is -2.10. The third kappa shape index (κ3) is 7.39. The summed E-state index contributed by atoms with van der Waals surface area (Å²) in [6, 6.07) is 26.4. The highest BCUT2D eigenvalue weighted by atomic mass is 19.3. The normalized spacial score (nSPS) is 11.1. The molecule has 0 aliphatic rings. The average Bonchev–Trinajstić information content (AvgIpc) is 3.81. The maximum atomic E-state index is 12.4. The number of carbonyl (C=O) groups is 2. The van der Waals surface area contributed by atoms with Gasteiger partial charge in [-0.1, -0.05) is 24.3 Å². The lowest BCUT2D eigenvalue weighted by atomic mass is 10.0. The summed E-state index contributed by atoms with van der Waals surface area (Å²) in [5.74, 6) is -1.63. The first-order valence-electron chi connectivity index (χ1n) is 16.7. The zero-order valence-electron chi connectivity index (χ0n) is 28.9. The minimum Gasteiger partial charge on any atom is -0.477 e. The summed E-state index contributed by atoms with van der Waals surface area (Å²) in [6.07, 6.45) is 7.04. The van der Waals surface area contributed by atoms with Gasteiger partial charge < -0.3 is 10.4 Å². The second-order valence-corrected chi connectivity index (χ2v) is 12.1. The molecule has 0 unspecified atom stereocenters. The Hall–Kier alpha value is -7.22. The van der Waals surface area contributed by atoms with Crippen LogP contribution in [0.4, 0.5) is 8.78 Å². The number of imidazole rings is 2. The number of nitrogens with zero attached hydrogens (tertiary/aromatic N) is 8. The number of alkyl halides is 2. The van der Waals surface area contributed by atoms with Gasteiger partial charge in [-0.2, -0.15) is 0 Å². The molecule has 8 rings (SSSR count). The summed E-state index contributed by atoms with van der Waals surface area (Å²) in [5.41, 5.74) is 9.54. The van der Waals surface area contributed by atoms with Crippen LogP contribution in [0, 0.1) is 13.8 Å². The number of halogens is 2. The van der Waals surface area contributed by atoms with E-state index in [4.69, 9.17) is 0 Å². The highest BCUT2D eigenvalue weighted by Gasteiger charge is 2.17. The first kappa shape index (κ1) is 35.2. The van der Waals surface area contributed by atoms with Crippen LogP contribution in [0.3, 0.4) is 0 Å². The molecule has 2 N–H and O–H groups in total. The van der Waals surface area contributed by atoms with Gasteiger partial charge in [-0.3, -0.25) is 33.5 Å². The fraction of sp³-hybridized carbons (Fsp3) is 0.100. The number of aromatic nitrogens is 8. The van der Waals surface area contributed by atoms with Crippen molar-refractivity contribution in [3.8, 4) is 45.0 Å². The van der Waals surface area contributed by atoms with E-state index < -0.39 is 24.8 Å². The number of carbonyl (C=O) groups excluding carboxylic acids is 1. The number of carboxylic acids is 1. The molecule has 0 saturated carbocycles. The molecule has 12 nitrogen and oxygen atoms in total. The molecular formula is C40H31F2N9O3. The Labute approximate surface area is 306 Å². The fourth-order valence-corrected chi connectivity index (χ4v) is 5.90. The van der Waals surface area contributed by atoms with Gasteiger partial charge in [-0.25, -0.2) is 23.5 Å². The Bertz CT molecular complexity index is 2660. The van der Waals surface area contributed by atoms with Crippen LogP contribution >= 0.6 is 0 Å². The smallest absolute Gasteiger partial charge is 0.354 e. The predicted molar refractivity (Wildman–Crippen MR) is 198 cm³/mol. The molecule has 54 heavy (non-hydrogen) atoms. The van der Waals surface area contributed by atoms with Crippen molar-refractivity contribution in [3.63, 3.8) is 0 Å². The van der Waals surface area contributed by atoms with E-state index in [-0.39, 0.29) is 11.4 Å². The Balaban J connectivity index is 0.000000168. The van der Waals surface area contributed by atoms with Crippen LogP contribution in [0.2, 0.25) is 0 Å². The maximum absolute atomic E-state index is 12.4. The fourth-order valence-electron chi connectivity index (χ4n) is 5.90. The second-order valence-electron chi connectivity index (χ2n) is 12.1. The van der Waals surface area contributed by atoms with E-state index in [1.165, 1.54) is 12.4 Å². The molecular weight excluding hydrogens is 692 g/mol. The Kier molecular flexibility index (Phi) is 9.89. The third-order valence-electron chi connectivity index (χ3n) is 8.38. The molecule has 0 bridgehead atoms. The Morgan fingerprint density at radius 2 is 1.17 bits per heavy atom. The number of amides is 1. The lowest BCUT2D eigenvalue weighted by molar-refractivity contribution is 0.0689. The summed E-state index contributed by atoms with van der Waals surface area (Å²) in [7, 11) is 0. The average molecular weight is 724 g/mol. The monoisotopic (exact) mass is 723 g/mol. The summed E-state index contributed by atoms with van der Waals surface area (Å²) < 4.78 is 28.0. The van der Waals surface area contributed by atoms with Crippen molar-refractivity contribution in [2.75, 3.05) is 6.54 Å². The number of pyridine rings is 6. The number of aromatic carboxylic acids is 1. The number of rotatable bonds is 8. The Morgan fingerprint density at radius 1 is 0.667 bits per heavy atom. The van der Waals surface area contributed by atoms with Crippen LogP contribution in [-0.2, 0) is 0 Å². The maximum Gasteiger partial charge on any atom is 0.354 e. The molecule has 0 atom stereocenters. The van der Waals surface area contributed by atoms with Crippen LogP contribution in [0.1, 0.15) is 32.4 Å². The van der Waals surface area contributed by atoms with Gasteiger partial charge in [0.2, 0.25) is 0 Å². The van der Waals surface area contributed by atoms with Gasteiger partial charge in [-0.05, 0) is 74.5 Å². The highest BCUT2D eigenvalue weighted by molar-refractivity contribution is 5.93. The van der Waals surface area contributed by atoms with E-state index in [0.29, 0.717) is 17.0 Å². The summed E-state index contributed by atoms with van der Waals surface area (Å²) in [4.78, 5) is 50.0. The van der Waals surface area contributed by atoms with Gasteiger partial charge in [0.15, 0.2) is 5.69 Å². The van der Waals surface area contributed by atoms with Crippen molar-refractivity contribution >= 4 is 23.2 Å². The topological polar surface area (TPSA) is 153 Å². The first-order chi connectivity index (χ1) is 26.2. The summed E-state index contributed by atoms with van der Waals surface area (Å²) in [5, 5.41) is 11.5. The van der Waals surface area contributed by atoms with Crippen molar-refractivity contribution in [1.82, 2.24) is 44.0 Å². The number of hydrogen-bond acceptors (Lipinski definition) is 8. The minimum absolute atomic E-state index is 0.121. The van der Waals surface area contributed by atoms with Crippen LogP contribution in [-0.4, -0.2) is 68.7 Å². The van der Waals surface area contributed by atoms with Gasteiger partial charge in [0.05, 0.1) is 41.7 Å². The van der Waals surface area contributed by atoms with Crippen LogP contribution in [0.25, 0.3) is 56.3 Å². The predicted octanol–water partition coefficient (Wildman–Crippen LogP) is 7.23. The van der Waals surface area contributed by atoms with Gasteiger partial charge in [0, 0.05) is 58.4 Å². The number of aryl methyl sites for hydroxylation is 2. The van der Waals surface area contributed by atoms with Crippen LogP contribution in [0.5, 0.6) is 0 Å². The van der Waals surface area contributed by atoms with E-state index >= 15 is 0 Å². The van der Waals surface area contributed by atoms with E-state index in [1.54, 1.807) is 45.7 Å². The van der Waals surface area contributed by atoms with Crippen molar-refractivity contribution in [2.24, 2.45) is 0 Å². The van der Waals surface area contributed by atoms with Crippen molar-refractivity contribution < 1.29 is 23.5 Å². The Morgan fingerprint density at radius 3 is 1.65 bits per heavy atom. The van der Waals surface area contributed by atoms with E-state index in [9.17, 15) is 23.5 Å². The molecule has 0 aliphatic carbocycles. The molecule has 8 heterocycles. The highest BCUT2D eigenvalue weighted by Crippen LogP contribution is 2.31. The van der Waals surface area contributed by atoms with Gasteiger partial charge >= 0.3 is 5.97 Å². The van der Waals surface area contributed by atoms with E-state index in [0.717, 1.165) is 50.7 Å². The summed E-state index contributed by atoms with van der Waals surface area (Å²) >= 11 is 0. The van der Waals surface area contributed by atoms with Crippen molar-refractivity contribution in [1.29, 1.82) is 0 Å². The molecule has 0 aliphatic heterocycles. The molecule has 268 valence electrons. The van der Waals surface area contributed by atoms with Crippen LogP contribution in [0.15, 0.2) is 122 Å².